The fourth-order valence-corrected chi connectivity index (χ4v) is 2.26. The Morgan fingerprint density at radius 2 is 2.11 bits per heavy atom. The quantitative estimate of drug-likeness (QED) is 0.846. The van der Waals surface area contributed by atoms with Crippen molar-refractivity contribution in [3.05, 3.63) is 30.3 Å². The standard InChI is InChI=1S/C12H15N5OS/c1-9(2)17-12(14-15-16-17)19-8-11(18)13-10-6-4-3-5-7-10/h3-7,9H,8H2,1-2H3,(H,13,18). The molecule has 0 spiro atoms. The van der Waals surface area contributed by atoms with E-state index in [-0.39, 0.29) is 17.7 Å². The average molecular weight is 277 g/mol. The maximum absolute atomic E-state index is 11.8. The summed E-state index contributed by atoms with van der Waals surface area (Å²) in [6, 6.07) is 9.53. The van der Waals surface area contributed by atoms with Crippen LogP contribution in [0.1, 0.15) is 19.9 Å². The van der Waals surface area contributed by atoms with Crippen LogP contribution >= 0.6 is 11.8 Å². The first kappa shape index (κ1) is 13.5. The van der Waals surface area contributed by atoms with Gasteiger partial charge in [-0.3, -0.25) is 4.79 Å². The lowest BCUT2D eigenvalue weighted by atomic mass is 10.3. The Morgan fingerprint density at radius 3 is 2.79 bits per heavy atom. The van der Waals surface area contributed by atoms with Gasteiger partial charge in [0.2, 0.25) is 11.1 Å². The molecule has 7 heteroatoms. The van der Waals surface area contributed by atoms with Crippen LogP contribution in [0.4, 0.5) is 5.69 Å². The van der Waals surface area contributed by atoms with Gasteiger partial charge in [-0.1, -0.05) is 30.0 Å². The number of rotatable bonds is 5. The van der Waals surface area contributed by atoms with E-state index in [0.717, 1.165) is 5.69 Å². The van der Waals surface area contributed by atoms with E-state index < -0.39 is 0 Å². The average Bonchev–Trinajstić information content (AvgIpc) is 2.86. The number of nitrogens with one attached hydrogen (secondary N) is 1. The van der Waals surface area contributed by atoms with Crippen LogP contribution in [0.3, 0.4) is 0 Å². The third-order valence-electron chi connectivity index (χ3n) is 2.34. The van der Waals surface area contributed by atoms with Crippen LogP contribution in [0.5, 0.6) is 0 Å². The van der Waals surface area contributed by atoms with E-state index in [1.807, 2.05) is 44.2 Å². The molecule has 19 heavy (non-hydrogen) atoms. The molecule has 0 bridgehead atoms. The van der Waals surface area contributed by atoms with Crippen LogP contribution in [-0.2, 0) is 4.79 Å². The predicted octanol–water partition coefficient (Wildman–Crippen LogP) is 1.98. The summed E-state index contributed by atoms with van der Waals surface area (Å²) < 4.78 is 1.69. The Kier molecular flexibility index (Phi) is 4.51. The summed E-state index contributed by atoms with van der Waals surface area (Å²) in [5.41, 5.74) is 0.788. The number of anilines is 1. The van der Waals surface area contributed by atoms with Crippen LogP contribution in [0.15, 0.2) is 35.5 Å². The van der Waals surface area contributed by atoms with Crippen molar-refractivity contribution in [3.63, 3.8) is 0 Å². The van der Waals surface area contributed by atoms with E-state index in [0.29, 0.717) is 5.16 Å². The molecule has 0 fully saturated rings. The highest BCUT2D eigenvalue weighted by Gasteiger charge is 2.11. The molecule has 0 atom stereocenters. The minimum Gasteiger partial charge on any atom is -0.325 e. The van der Waals surface area contributed by atoms with E-state index in [2.05, 4.69) is 20.8 Å². The normalized spacial score (nSPS) is 10.7. The Morgan fingerprint density at radius 1 is 1.37 bits per heavy atom. The molecule has 0 saturated carbocycles. The first-order valence-electron chi connectivity index (χ1n) is 5.92. The molecule has 0 unspecified atom stereocenters. The van der Waals surface area contributed by atoms with Crippen molar-refractivity contribution in [2.75, 3.05) is 11.1 Å². The molecule has 1 N–H and O–H groups in total. The summed E-state index contributed by atoms with van der Waals surface area (Å²) in [4.78, 5) is 11.8. The van der Waals surface area contributed by atoms with Crippen LogP contribution in [0.25, 0.3) is 0 Å². The first-order chi connectivity index (χ1) is 9.16. The number of aromatic nitrogens is 4. The van der Waals surface area contributed by atoms with Crippen molar-refractivity contribution in [1.29, 1.82) is 0 Å². The van der Waals surface area contributed by atoms with Gasteiger partial charge in [-0.25, -0.2) is 4.68 Å². The minimum absolute atomic E-state index is 0.0745. The first-order valence-corrected chi connectivity index (χ1v) is 6.91. The smallest absolute Gasteiger partial charge is 0.234 e. The van der Waals surface area contributed by atoms with Gasteiger partial charge < -0.3 is 5.32 Å². The molecule has 0 aliphatic carbocycles. The number of benzene rings is 1. The van der Waals surface area contributed by atoms with Gasteiger partial charge in [0, 0.05) is 5.69 Å². The molecule has 1 heterocycles. The molecule has 0 aliphatic heterocycles. The lowest BCUT2D eigenvalue weighted by molar-refractivity contribution is -0.113. The van der Waals surface area contributed by atoms with E-state index in [1.165, 1.54) is 11.8 Å². The zero-order chi connectivity index (χ0) is 13.7. The molecule has 1 aromatic carbocycles. The molecule has 0 saturated heterocycles. The van der Waals surface area contributed by atoms with Gasteiger partial charge in [-0.05, 0) is 36.4 Å². The zero-order valence-electron chi connectivity index (χ0n) is 10.8. The number of thioether (sulfide) groups is 1. The topological polar surface area (TPSA) is 72.7 Å². The molecule has 100 valence electrons. The zero-order valence-corrected chi connectivity index (χ0v) is 11.6. The van der Waals surface area contributed by atoms with Crippen LogP contribution in [0, 0.1) is 0 Å². The van der Waals surface area contributed by atoms with Crippen molar-refractivity contribution in [3.8, 4) is 0 Å². The summed E-state index contributed by atoms with van der Waals surface area (Å²) in [7, 11) is 0. The van der Waals surface area contributed by atoms with Crippen LogP contribution < -0.4 is 5.32 Å². The third-order valence-corrected chi connectivity index (χ3v) is 3.28. The number of carbonyl (C=O) groups excluding carboxylic acids is 1. The van der Waals surface area contributed by atoms with Gasteiger partial charge >= 0.3 is 0 Å². The SMILES string of the molecule is CC(C)n1nnnc1SCC(=O)Nc1ccccc1. The Balaban J connectivity index is 1.88. The largest absolute Gasteiger partial charge is 0.325 e. The molecule has 0 radical (unpaired) electrons. The highest BCUT2D eigenvalue weighted by Crippen LogP contribution is 2.17. The molecule has 0 aliphatic rings. The van der Waals surface area contributed by atoms with E-state index in [9.17, 15) is 4.79 Å². The summed E-state index contributed by atoms with van der Waals surface area (Å²) >= 11 is 1.32. The monoisotopic (exact) mass is 277 g/mol. The highest BCUT2D eigenvalue weighted by molar-refractivity contribution is 7.99. The molecule has 2 rings (SSSR count). The maximum Gasteiger partial charge on any atom is 0.234 e. The number of carbonyl (C=O) groups is 1. The van der Waals surface area contributed by atoms with Crippen molar-refractivity contribution in [2.24, 2.45) is 0 Å². The summed E-state index contributed by atoms with van der Waals surface area (Å²) in [6.07, 6.45) is 0. The fraction of sp³-hybridized carbons (Fsp3) is 0.333. The van der Waals surface area contributed by atoms with Gasteiger partial charge in [-0.2, -0.15) is 0 Å². The lowest BCUT2D eigenvalue weighted by Gasteiger charge is -2.07. The number of hydrogen-bond donors (Lipinski definition) is 1. The van der Waals surface area contributed by atoms with Crippen molar-refractivity contribution in [2.45, 2.75) is 25.0 Å². The Labute approximate surface area is 115 Å². The predicted molar refractivity (Wildman–Crippen MR) is 74.0 cm³/mol. The summed E-state index contributed by atoms with van der Waals surface area (Å²) in [5.74, 6) is 0.205. The lowest BCUT2D eigenvalue weighted by Crippen LogP contribution is -2.15. The van der Waals surface area contributed by atoms with Crippen molar-refractivity contribution < 1.29 is 4.79 Å². The van der Waals surface area contributed by atoms with Crippen molar-refractivity contribution in [1.82, 2.24) is 20.2 Å². The summed E-state index contributed by atoms with van der Waals surface area (Å²) in [6.45, 7) is 3.98. The second kappa shape index (κ2) is 6.33. The minimum atomic E-state index is -0.0745. The second-order valence-electron chi connectivity index (χ2n) is 4.20. The Bertz CT molecular complexity index is 540. The third kappa shape index (κ3) is 3.78. The highest BCUT2D eigenvalue weighted by atomic mass is 32.2. The van der Waals surface area contributed by atoms with Gasteiger partial charge in [0.1, 0.15) is 0 Å². The number of tetrazole rings is 1. The second-order valence-corrected chi connectivity index (χ2v) is 5.15. The van der Waals surface area contributed by atoms with Crippen LogP contribution in [0.2, 0.25) is 0 Å². The van der Waals surface area contributed by atoms with Gasteiger partial charge in [0.15, 0.2) is 0 Å². The molecule has 6 nitrogen and oxygen atoms in total. The van der Waals surface area contributed by atoms with Crippen molar-refractivity contribution >= 4 is 23.4 Å². The maximum atomic E-state index is 11.8. The summed E-state index contributed by atoms with van der Waals surface area (Å²) in [5, 5.41) is 14.9. The molecular formula is C12H15N5OS. The number of hydrogen-bond acceptors (Lipinski definition) is 5. The van der Waals surface area contributed by atoms with E-state index in [1.54, 1.807) is 4.68 Å². The molecule has 1 amide bonds. The van der Waals surface area contributed by atoms with Gasteiger partial charge in [-0.15, -0.1) is 5.10 Å². The van der Waals surface area contributed by atoms with Gasteiger partial charge in [0.05, 0.1) is 11.8 Å². The molecule has 2 aromatic rings. The number of para-hydroxylation sites is 1. The van der Waals surface area contributed by atoms with Crippen LogP contribution in [-0.4, -0.2) is 31.9 Å². The van der Waals surface area contributed by atoms with E-state index in [4.69, 9.17) is 0 Å². The molecule has 1 aromatic heterocycles. The molecular weight excluding hydrogens is 262 g/mol. The van der Waals surface area contributed by atoms with E-state index >= 15 is 0 Å². The number of amides is 1. The fourth-order valence-electron chi connectivity index (χ4n) is 1.45. The van der Waals surface area contributed by atoms with Gasteiger partial charge in [0.25, 0.3) is 0 Å². The number of nitrogens with zero attached hydrogens (tertiary/aromatic N) is 4. The Hall–Kier alpha value is -1.89.